The van der Waals surface area contributed by atoms with Gasteiger partial charge in [0.15, 0.2) is 0 Å². The third-order valence-electron chi connectivity index (χ3n) is 2.80. The number of hydrogen-bond acceptors (Lipinski definition) is 4. The van der Waals surface area contributed by atoms with E-state index in [9.17, 15) is 0 Å². The third-order valence-corrected chi connectivity index (χ3v) is 3.77. The Labute approximate surface area is 109 Å². The van der Waals surface area contributed by atoms with Gasteiger partial charge in [-0.15, -0.1) is 0 Å². The van der Waals surface area contributed by atoms with Crippen LogP contribution in [-0.2, 0) is 5.75 Å². The van der Waals surface area contributed by atoms with Crippen molar-refractivity contribution in [1.82, 2.24) is 9.88 Å². The predicted octanol–water partition coefficient (Wildman–Crippen LogP) is 2.70. The molecule has 0 saturated heterocycles. The maximum Gasteiger partial charge on any atom is 0.0523 e. The van der Waals surface area contributed by atoms with Crippen molar-refractivity contribution in [3.8, 4) is 0 Å². The first-order valence-electron chi connectivity index (χ1n) is 6.22. The summed E-state index contributed by atoms with van der Waals surface area (Å²) in [6.07, 6.45) is 1.87. The lowest BCUT2D eigenvalue weighted by Gasteiger charge is -2.17. The lowest BCUT2D eigenvalue weighted by Crippen LogP contribution is -2.25. The van der Waals surface area contributed by atoms with Crippen LogP contribution in [0.25, 0.3) is 0 Å². The molecule has 96 valence electrons. The molecule has 0 aliphatic carbocycles. The van der Waals surface area contributed by atoms with E-state index in [2.05, 4.69) is 35.1 Å². The SMILES string of the molecule is CCN(CC)CCSCc1cc(NC)ccn1. The number of rotatable bonds is 8. The molecular formula is C13H23N3S. The van der Waals surface area contributed by atoms with Crippen molar-refractivity contribution in [2.45, 2.75) is 19.6 Å². The van der Waals surface area contributed by atoms with E-state index in [1.54, 1.807) is 0 Å². The summed E-state index contributed by atoms with van der Waals surface area (Å²) in [5, 5.41) is 3.14. The molecule has 4 heteroatoms. The maximum atomic E-state index is 4.37. The largest absolute Gasteiger partial charge is 0.388 e. The average Bonchev–Trinajstić information content (AvgIpc) is 2.39. The minimum absolute atomic E-state index is 0.997. The number of nitrogens with zero attached hydrogens (tertiary/aromatic N) is 2. The third kappa shape index (κ3) is 5.41. The molecule has 1 heterocycles. The molecule has 3 nitrogen and oxygen atoms in total. The fourth-order valence-corrected chi connectivity index (χ4v) is 2.52. The van der Waals surface area contributed by atoms with Crippen molar-refractivity contribution in [3.05, 3.63) is 24.0 Å². The van der Waals surface area contributed by atoms with E-state index in [1.807, 2.05) is 31.1 Å². The van der Waals surface area contributed by atoms with Crippen molar-refractivity contribution in [3.63, 3.8) is 0 Å². The molecule has 0 unspecified atom stereocenters. The standard InChI is InChI=1S/C13H23N3S/c1-4-16(5-2)8-9-17-11-13-10-12(14-3)6-7-15-13/h6-7,10H,4-5,8-9,11H2,1-3H3,(H,14,15). The highest BCUT2D eigenvalue weighted by Gasteiger charge is 2.00. The van der Waals surface area contributed by atoms with Crippen LogP contribution in [0.5, 0.6) is 0 Å². The molecule has 0 amide bonds. The van der Waals surface area contributed by atoms with E-state index in [0.29, 0.717) is 0 Å². The Morgan fingerprint density at radius 1 is 1.35 bits per heavy atom. The van der Waals surface area contributed by atoms with Gasteiger partial charge in [-0.1, -0.05) is 13.8 Å². The van der Waals surface area contributed by atoms with Crippen molar-refractivity contribution in [2.75, 3.05) is 37.8 Å². The van der Waals surface area contributed by atoms with Gasteiger partial charge in [0.2, 0.25) is 0 Å². The zero-order valence-electron chi connectivity index (χ0n) is 11.1. The molecule has 0 aromatic carbocycles. The minimum atomic E-state index is 0.997. The van der Waals surface area contributed by atoms with Gasteiger partial charge in [0.1, 0.15) is 0 Å². The molecule has 0 aliphatic rings. The predicted molar refractivity (Wildman–Crippen MR) is 77.7 cm³/mol. The number of aromatic nitrogens is 1. The lowest BCUT2D eigenvalue weighted by molar-refractivity contribution is 0.324. The monoisotopic (exact) mass is 253 g/mol. The summed E-state index contributed by atoms with van der Waals surface area (Å²) in [5.41, 5.74) is 2.29. The van der Waals surface area contributed by atoms with Crippen LogP contribution in [0.4, 0.5) is 5.69 Å². The van der Waals surface area contributed by atoms with Gasteiger partial charge < -0.3 is 10.2 Å². The van der Waals surface area contributed by atoms with Gasteiger partial charge in [0.25, 0.3) is 0 Å². The molecule has 1 N–H and O–H groups in total. The van der Waals surface area contributed by atoms with Crippen molar-refractivity contribution >= 4 is 17.4 Å². The zero-order chi connectivity index (χ0) is 12.5. The van der Waals surface area contributed by atoms with Gasteiger partial charge in [-0.05, 0) is 25.2 Å². The number of pyridine rings is 1. The molecular weight excluding hydrogens is 230 g/mol. The van der Waals surface area contributed by atoms with Crippen LogP contribution in [0.15, 0.2) is 18.3 Å². The number of nitrogens with one attached hydrogen (secondary N) is 1. The summed E-state index contributed by atoms with van der Waals surface area (Å²) in [4.78, 5) is 6.82. The molecule has 1 aromatic rings. The van der Waals surface area contributed by atoms with E-state index >= 15 is 0 Å². The Kier molecular flexibility index (Phi) is 7.05. The zero-order valence-corrected chi connectivity index (χ0v) is 11.9. The number of thioether (sulfide) groups is 1. The second kappa shape index (κ2) is 8.37. The van der Waals surface area contributed by atoms with Crippen molar-refractivity contribution in [1.29, 1.82) is 0 Å². The molecule has 1 rings (SSSR count). The molecule has 0 fully saturated rings. The number of anilines is 1. The highest BCUT2D eigenvalue weighted by Crippen LogP contribution is 2.13. The Hall–Kier alpha value is -0.740. The fraction of sp³-hybridized carbons (Fsp3) is 0.615. The molecule has 1 aromatic heterocycles. The van der Waals surface area contributed by atoms with Crippen LogP contribution in [0.1, 0.15) is 19.5 Å². The first kappa shape index (κ1) is 14.3. The minimum Gasteiger partial charge on any atom is -0.388 e. The van der Waals surface area contributed by atoms with Gasteiger partial charge in [0, 0.05) is 37.0 Å². The first-order valence-corrected chi connectivity index (χ1v) is 7.38. The summed E-state index contributed by atoms with van der Waals surface area (Å²) in [7, 11) is 1.94. The van der Waals surface area contributed by atoms with Crippen LogP contribution in [-0.4, -0.2) is 42.3 Å². The topological polar surface area (TPSA) is 28.2 Å². The lowest BCUT2D eigenvalue weighted by atomic mass is 10.3. The molecule has 0 atom stereocenters. The van der Waals surface area contributed by atoms with Gasteiger partial charge in [-0.25, -0.2) is 0 Å². The second-order valence-electron chi connectivity index (χ2n) is 3.87. The first-order chi connectivity index (χ1) is 8.30. The molecule has 0 spiro atoms. The average molecular weight is 253 g/mol. The van der Waals surface area contributed by atoms with E-state index in [1.165, 1.54) is 12.3 Å². The second-order valence-corrected chi connectivity index (χ2v) is 4.97. The van der Waals surface area contributed by atoms with Gasteiger partial charge in [-0.3, -0.25) is 4.98 Å². The van der Waals surface area contributed by atoms with Crippen molar-refractivity contribution < 1.29 is 0 Å². The van der Waals surface area contributed by atoms with E-state index in [-0.39, 0.29) is 0 Å². The Morgan fingerprint density at radius 3 is 2.76 bits per heavy atom. The van der Waals surface area contributed by atoms with Crippen molar-refractivity contribution in [2.24, 2.45) is 0 Å². The maximum absolute atomic E-state index is 4.37. The van der Waals surface area contributed by atoms with Gasteiger partial charge in [-0.2, -0.15) is 11.8 Å². The summed E-state index contributed by atoms with van der Waals surface area (Å²) < 4.78 is 0. The Balaban J connectivity index is 2.26. The smallest absolute Gasteiger partial charge is 0.0523 e. The van der Waals surface area contributed by atoms with Gasteiger partial charge in [0.05, 0.1) is 5.69 Å². The van der Waals surface area contributed by atoms with Crippen LogP contribution in [0.2, 0.25) is 0 Å². The summed E-state index contributed by atoms with van der Waals surface area (Å²) >= 11 is 1.95. The number of hydrogen-bond donors (Lipinski definition) is 1. The summed E-state index contributed by atoms with van der Waals surface area (Å²) in [6.45, 7) is 7.89. The quantitative estimate of drug-likeness (QED) is 0.721. The highest BCUT2D eigenvalue weighted by atomic mass is 32.2. The summed E-state index contributed by atoms with van der Waals surface area (Å²) in [5.74, 6) is 2.17. The molecule has 0 bridgehead atoms. The van der Waals surface area contributed by atoms with Gasteiger partial charge >= 0.3 is 0 Å². The van der Waals surface area contributed by atoms with Crippen LogP contribution in [0, 0.1) is 0 Å². The summed E-state index contributed by atoms with van der Waals surface area (Å²) in [6, 6.07) is 4.11. The fourth-order valence-electron chi connectivity index (χ4n) is 1.62. The molecule has 0 aliphatic heterocycles. The van der Waals surface area contributed by atoms with Crippen LogP contribution < -0.4 is 5.32 Å². The Morgan fingerprint density at radius 2 is 2.12 bits per heavy atom. The van der Waals surface area contributed by atoms with Crippen LogP contribution in [0.3, 0.4) is 0 Å². The van der Waals surface area contributed by atoms with E-state index < -0.39 is 0 Å². The molecule has 0 saturated carbocycles. The normalized spacial score (nSPS) is 10.8. The molecule has 0 radical (unpaired) electrons. The van der Waals surface area contributed by atoms with E-state index in [0.717, 1.165) is 30.2 Å². The van der Waals surface area contributed by atoms with Crippen LogP contribution >= 0.6 is 11.8 Å². The van der Waals surface area contributed by atoms with E-state index in [4.69, 9.17) is 0 Å². The Bertz CT molecular complexity index is 313. The highest BCUT2D eigenvalue weighted by molar-refractivity contribution is 7.98. The molecule has 17 heavy (non-hydrogen) atoms.